The van der Waals surface area contributed by atoms with Crippen LogP contribution in [-0.4, -0.2) is 31.9 Å². The number of carbonyl (C=O) groups is 1. The molecule has 2 atom stereocenters. The Balaban J connectivity index is 4.47. The molecular formula is C8H18NO4P. The fraction of sp³-hybridized carbons (Fsp3) is 0.875. The monoisotopic (exact) mass is 223 g/mol. The largest absolute Gasteiger partial charge is 0.468 e. The van der Waals surface area contributed by atoms with Gasteiger partial charge < -0.3 is 9.26 Å². The van der Waals surface area contributed by atoms with Crippen molar-refractivity contribution < 1.29 is 18.6 Å². The Morgan fingerprint density at radius 2 is 1.79 bits per heavy atom. The zero-order chi connectivity index (χ0) is 11.4. The third kappa shape index (κ3) is 3.40. The van der Waals surface area contributed by atoms with E-state index in [4.69, 9.17) is 4.52 Å². The maximum atomic E-state index is 12.0. The minimum atomic E-state index is -2.95. The van der Waals surface area contributed by atoms with Crippen LogP contribution in [0, 0.1) is 0 Å². The van der Waals surface area contributed by atoms with Crippen LogP contribution in [0.1, 0.15) is 20.8 Å². The molecule has 0 aromatic rings. The van der Waals surface area contributed by atoms with Crippen LogP contribution in [0.2, 0.25) is 0 Å². The quantitative estimate of drug-likeness (QED) is 0.563. The van der Waals surface area contributed by atoms with Crippen molar-refractivity contribution in [2.75, 3.05) is 14.2 Å². The zero-order valence-electron chi connectivity index (χ0n) is 9.23. The molecule has 0 aromatic heterocycles. The molecule has 0 rings (SSSR count). The molecule has 14 heavy (non-hydrogen) atoms. The van der Waals surface area contributed by atoms with Crippen LogP contribution in [0.15, 0.2) is 0 Å². The molecular weight excluding hydrogens is 205 g/mol. The highest BCUT2D eigenvalue weighted by Gasteiger charge is 2.30. The van der Waals surface area contributed by atoms with E-state index in [0.717, 1.165) is 0 Å². The molecule has 6 heteroatoms. The molecule has 0 saturated carbocycles. The number of esters is 1. The van der Waals surface area contributed by atoms with Gasteiger partial charge in [0, 0.05) is 12.8 Å². The minimum absolute atomic E-state index is 0.181. The van der Waals surface area contributed by atoms with E-state index in [9.17, 15) is 9.36 Å². The SMILES string of the molecule is COC(=O)[C@@H](C)NP(=O)(OC)C(C)C. The number of hydrogen-bond donors (Lipinski definition) is 1. The van der Waals surface area contributed by atoms with Gasteiger partial charge in [-0.25, -0.2) is 5.09 Å². The first-order valence-corrected chi connectivity index (χ1v) is 6.08. The van der Waals surface area contributed by atoms with Gasteiger partial charge in [-0.15, -0.1) is 0 Å². The van der Waals surface area contributed by atoms with Crippen molar-refractivity contribution in [3.05, 3.63) is 0 Å². The second kappa shape index (κ2) is 5.49. The van der Waals surface area contributed by atoms with Crippen molar-refractivity contribution in [2.24, 2.45) is 0 Å². The lowest BCUT2D eigenvalue weighted by Crippen LogP contribution is -2.34. The Hall–Kier alpha value is -0.380. The van der Waals surface area contributed by atoms with Crippen molar-refractivity contribution in [3.63, 3.8) is 0 Å². The smallest absolute Gasteiger partial charge is 0.323 e. The van der Waals surface area contributed by atoms with Crippen molar-refractivity contribution in [1.29, 1.82) is 0 Å². The topological polar surface area (TPSA) is 64.6 Å². The van der Waals surface area contributed by atoms with Crippen LogP contribution >= 0.6 is 7.52 Å². The first kappa shape index (κ1) is 13.6. The highest BCUT2D eigenvalue weighted by molar-refractivity contribution is 7.57. The molecule has 0 aliphatic rings. The van der Waals surface area contributed by atoms with Gasteiger partial charge in [0.15, 0.2) is 0 Å². The lowest BCUT2D eigenvalue weighted by atomic mass is 10.4. The maximum Gasteiger partial charge on any atom is 0.323 e. The van der Waals surface area contributed by atoms with Gasteiger partial charge in [-0.05, 0) is 6.92 Å². The summed E-state index contributed by atoms with van der Waals surface area (Å²) in [7, 11) is -0.302. The van der Waals surface area contributed by atoms with Gasteiger partial charge in [0.2, 0.25) is 0 Å². The fourth-order valence-electron chi connectivity index (χ4n) is 0.912. The fourth-order valence-corrected chi connectivity index (χ4v) is 2.38. The number of hydrogen-bond acceptors (Lipinski definition) is 4. The van der Waals surface area contributed by atoms with Gasteiger partial charge >= 0.3 is 5.97 Å². The van der Waals surface area contributed by atoms with E-state index in [0.29, 0.717) is 0 Å². The summed E-state index contributed by atoms with van der Waals surface area (Å²) in [5.74, 6) is -0.456. The molecule has 0 spiro atoms. The predicted octanol–water partition coefficient (Wildman–Crippen LogP) is 1.39. The molecule has 0 aliphatic carbocycles. The van der Waals surface area contributed by atoms with Crippen LogP contribution in [0.25, 0.3) is 0 Å². The highest BCUT2D eigenvalue weighted by atomic mass is 31.2. The minimum Gasteiger partial charge on any atom is -0.468 e. The average Bonchev–Trinajstić information content (AvgIpc) is 2.15. The zero-order valence-corrected chi connectivity index (χ0v) is 10.1. The molecule has 84 valence electrons. The summed E-state index contributed by atoms with van der Waals surface area (Å²) in [4.78, 5) is 11.1. The first-order chi connectivity index (χ1) is 6.37. The first-order valence-electron chi connectivity index (χ1n) is 4.38. The molecule has 0 aromatic carbocycles. The molecule has 1 N–H and O–H groups in total. The second-order valence-corrected chi connectivity index (χ2v) is 6.10. The molecule has 1 unspecified atom stereocenters. The van der Waals surface area contributed by atoms with Gasteiger partial charge in [0.05, 0.1) is 7.11 Å². The van der Waals surface area contributed by atoms with E-state index in [1.807, 2.05) is 0 Å². The third-order valence-electron chi connectivity index (χ3n) is 1.88. The van der Waals surface area contributed by atoms with Gasteiger partial charge in [-0.2, -0.15) is 0 Å². The Kier molecular flexibility index (Phi) is 5.34. The molecule has 0 heterocycles. The van der Waals surface area contributed by atoms with E-state index in [-0.39, 0.29) is 5.66 Å². The van der Waals surface area contributed by atoms with E-state index in [1.165, 1.54) is 14.2 Å². The summed E-state index contributed by atoms with van der Waals surface area (Å²) in [5, 5.41) is 2.65. The van der Waals surface area contributed by atoms with Gasteiger partial charge in [0.25, 0.3) is 7.52 Å². The van der Waals surface area contributed by atoms with E-state index in [1.54, 1.807) is 20.8 Å². The third-order valence-corrected chi connectivity index (χ3v) is 4.53. The lowest BCUT2D eigenvalue weighted by molar-refractivity contribution is -0.142. The molecule has 0 amide bonds. The number of ether oxygens (including phenoxy) is 1. The molecule has 0 aliphatic heterocycles. The van der Waals surface area contributed by atoms with Crippen molar-refractivity contribution in [1.82, 2.24) is 5.09 Å². The number of nitrogens with one attached hydrogen (secondary N) is 1. The average molecular weight is 223 g/mol. The van der Waals surface area contributed by atoms with Crippen molar-refractivity contribution in [2.45, 2.75) is 32.5 Å². The van der Waals surface area contributed by atoms with E-state index in [2.05, 4.69) is 9.82 Å². The van der Waals surface area contributed by atoms with Crippen molar-refractivity contribution >= 4 is 13.5 Å². The Bertz CT molecular complexity index is 241. The summed E-state index contributed by atoms with van der Waals surface area (Å²) in [6.07, 6.45) is 0. The summed E-state index contributed by atoms with van der Waals surface area (Å²) >= 11 is 0. The standard InChI is InChI=1S/C8H18NO4P/c1-6(2)14(11,13-5)9-7(3)8(10)12-4/h6-7H,1-5H3,(H,9,11)/t7-,14?/m1/s1. The second-order valence-electron chi connectivity index (χ2n) is 3.25. The summed E-state index contributed by atoms with van der Waals surface area (Å²) in [6.45, 7) is 5.11. The van der Waals surface area contributed by atoms with Crippen LogP contribution in [0.5, 0.6) is 0 Å². The maximum absolute atomic E-state index is 12.0. The summed E-state index contributed by atoms with van der Waals surface area (Å²) < 4.78 is 21.4. The summed E-state index contributed by atoms with van der Waals surface area (Å²) in [6, 6.07) is -0.631. The van der Waals surface area contributed by atoms with Crippen LogP contribution in [0.3, 0.4) is 0 Å². The molecule has 0 fully saturated rings. The van der Waals surface area contributed by atoms with E-state index >= 15 is 0 Å². The van der Waals surface area contributed by atoms with E-state index < -0.39 is 19.5 Å². The Morgan fingerprint density at radius 3 is 2.07 bits per heavy atom. The number of carbonyl (C=O) groups excluding carboxylic acids is 1. The van der Waals surface area contributed by atoms with Crippen molar-refractivity contribution in [3.8, 4) is 0 Å². The van der Waals surface area contributed by atoms with Gasteiger partial charge in [0.1, 0.15) is 6.04 Å². The number of methoxy groups -OCH3 is 1. The molecule has 0 bridgehead atoms. The van der Waals surface area contributed by atoms with Gasteiger partial charge in [-0.3, -0.25) is 9.36 Å². The lowest BCUT2D eigenvalue weighted by Gasteiger charge is -2.23. The molecule has 5 nitrogen and oxygen atoms in total. The predicted molar refractivity (Wildman–Crippen MR) is 54.4 cm³/mol. The highest BCUT2D eigenvalue weighted by Crippen LogP contribution is 2.46. The molecule has 0 radical (unpaired) electrons. The number of rotatable bonds is 5. The van der Waals surface area contributed by atoms with Crippen LogP contribution in [-0.2, 0) is 18.6 Å². The van der Waals surface area contributed by atoms with Crippen LogP contribution < -0.4 is 5.09 Å². The Morgan fingerprint density at radius 1 is 1.29 bits per heavy atom. The Labute approximate surface area is 84.7 Å². The summed E-state index contributed by atoms with van der Waals surface area (Å²) in [5.41, 5.74) is -0.181. The van der Waals surface area contributed by atoms with Crippen LogP contribution in [0.4, 0.5) is 0 Å². The normalized spacial score (nSPS) is 17.6. The van der Waals surface area contributed by atoms with Gasteiger partial charge in [-0.1, -0.05) is 13.8 Å². The molecule has 0 saturated heterocycles.